The quantitative estimate of drug-likeness (QED) is 0.854. The summed E-state index contributed by atoms with van der Waals surface area (Å²) in [6.07, 6.45) is 0. The van der Waals surface area contributed by atoms with Gasteiger partial charge in [0, 0.05) is 10.9 Å². The van der Waals surface area contributed by atoms with Crippen LogP contribution in [-0.4, -0.2) is 22.7 Å². The SMILES string of the molecule is CCOC(=O)c1csc(NC(C)c2c(C)noc2C)n1. The Bertz CT molecular complexity index is 586. The average Bonchev–Trinajstić information content (AvgIpc) is 2.97. The highest BCUT2D eigenvalue weighted by molar-refractivity contribution is 7.13. The number of nitrogens with one attached hydrogen (secondary N) is 1. The van der Waals surface area contributed by atoms with Crippen LogP contribution in [-0.2, 0) is 4.74 Å². The third-order valence-electron chi connectivity index (χ3n) is 2.85. The maximum atomic E-state index is 11.5. The number of carbonyl (C=O) groups is 1. The Morgan fingerprint density at radius 2 is 2.30 bits per heavy atom. The van der Waals surface area contributed by atoms with Crippen LogP contribution in [0.15, 0.2) is 9.90 Å². The van der Waals surface area contributed by atoms with Crippen molar-refractivity contribution in [2.75, 3.05) is 11.9 Å². The van der Waals surface area contributed by atoms with Crippen LogP contribution in [0.3, 0.4) is 0 Å². The van der Waals surface area contributed by atoms with Crippen molar-refractivity contribution in [1.29, 1.82) is 0 Å². The van der Waals surface area contributed by atoms with Gasteiger partial charge in [-0.25, -0.2) is 9.78 Å². The second-order valence-corrected chi connectivity index (χ2v) is 5.22. The number of carbonyl (C=O) groups excluding carboxylic acids is 1. The molecule has 0 fully saturated rings. The molecule has 2 heterocycles. The maximum absolute atomic E-state index is 11.5. The van der Waals surface area contributed by atoms with Crippen LogP contribution in [0.5, 0.6) is 0 Å². The minimum atomic E-state index is -0.401. The molecule has 1 unspecified atom stereocenters. The van der Waals surface area contributed by atoms with Crippen LogP contribution in [0.1, 0.15) is 47.4 Å². The largest absolute Gasteiger partial charge is 0.461 e. The number of hydrogen-bond donors (Lipinski definition) is 1. The number of nitrogens with zero attached hydrogens (tertiary/aromatic N) is 2. The van der Waals surface area contributed by atoms with Crippen LogP contribution < -0.4 is 5.32 Å². The fraction of sp³-hybridized carbons (Fsp3) is 0.462. The number of thiazole rings is 1. The maximum Gasteiger partial charge on any atom is 0.357 e. The van der Waals surface area contributed by atoms with Crippen LogP contribution in [0, 0.1) is 13.8 Å². The molecule has 0 aromatic carbocycles. The first-order valence-corrected chi connectivity index (χ1v) is 7.22. The normalized spacial score (nSPS) is 12.2. The van der Waals surface area contributed by atoms with Gasteiger partial charge in [-0.15, -0.1) is 11.3 Å². The molecule has 0 bridgehead atoms. The molecule has 0 aliphatic rings. The molecule has 1 N–H and O–H groups in total. The van der Waals surface area contributed by atoms with Gasteiger partial charge >= 0.3 is 5.97 Å². The highest BCUT2D eigenvalue weighted by Gasteiger charge is 2.18. The lowest BCUT2D eigenvalue weighted by molar-refractivity contribution is 0.0520. The summed E-state index contributed by atoms with van der Waals surface area (Å²) in [7, 11) is 0. The standard InChI is InChI=1S/C13H17N3O3S/c1-5-18-12(17)10-6-20-13(15-10)14-7(2)11-8(3)16-19-9(11)4/h6-7H,5H2,1-4H3,(H,14,15). The highest BCUT2D eigenvalue weighted by atomic mass is 32.1. The lowest BCUT2D eigenvalue weighted by Crippen LogP contribution is -2.09. The van der Waals surface area contributed by atoms with Crippen molar-refractivity contribution in [2.45, 2.75) is 33.7 Å². The van der Waals surface area contributed by atoms with E-state index in [0.717, 1.165) is 17.0 Å². The van der Waals surface area contributed by atoms with E-state index in [1.54, 1.807) is 12.3 Å². The molecule has 20 heavy (non-hydrogen) atoms. The summed E-state index contributed by atoms with van der Waals surface area (Å²) in [4.78, 5) is 15.8. The number of aryl methyl sites for hydroxylation is 2. The molecule has 2 aromatic rings. The minimum Gasteiger partial charge on any atom is -0.461 e. The number of rotatable bonds is 5. The van der Waals surface area contributed by atoms with Gasteiger partial charge in [-0.2, -0.15) is 0 Å². The van der Waals surface area contributed by atoms with E-state index in [2.05, 4.69) is 15.5 Å². The number of aromatic nitrogens is 2. The topological polar surface area (TPSA) is 77.2 Å². The molecule has 7 heteroatoms. The number of hydrogen-bond acceptors (Lipinski definition) is 7. The molecule has 0 aliphatic heterocycles. The molecule has 0 radical (unpaired) electrons. The summed E-state index contributed by atoms with van der Waals surface area (Å²) in [5, 5.41) is 9.52. The molecule has 108 valence electrons. The summed E-state index contributed by atoms with van der Waals surface area (Å²) in [6.45, 7) is 7.88. The van der Waals surface area contributed by atoms with Crippen molar-refractivity contribution in [3.63, 3.8) is 0 Å². The van der Waals surface area contributed by atoms with Crippen molar-refractivity contribution < 1.29 is 14.1 Å². The second kappa shape index (κ2) is 6.04. The molecule has 0 spiro atoms. The molecule has 0 amide bonds. The Morgan fingerprint density at radius 3 is 2.90 bits per heavy atom. The van der Waals surface area contributed by atoms with Crippen LogP contribution in [0.25, 0.3) is 0 Å². The van der Waals surface area contributed by atoms with Gasteiger partial charge in [-0.05, 0) is 27.7 Å². The predicted molar refractivity (Wildman–Crippen MR) is 76.1 cm³/mol. The van der Waals surface area contributed by atoms with Crippen LogP contribution >= 0.6 is 11.3 Å². The van der Waals surface area contributed by atoms with Gasteiger partial charge in [-0.1, -0.05) is 5.16 Å². The molecule has 0 saturated heterocycles. The molecule has 0 aliphatic carbocycles. The number of anilines is 1. The molecule has 2 rings (SSSR count). The van der Waals surface area contributed by atoms with E-state index in [9.17, 15) is 4.79 Å². The van der Waals surface area contributed by atoms with E-state index in [1.165, 1.54) is 11.3 Å². The van der Waals surface area contributed by atoms with E-state index < -0.39 is 5.97 Å². The Labute approximate surface area is 121 Å². The lowest BCUT2D eigenvalue weighted by atomic mass is 10.1. The first kappa shape index (κ1) is 14.5. The van der Waals surface area contributed by atoms with E-state index in [0.29, 0.717) is 17.4 Å². The molecular formula is C13H17N3O3S. The zero-order chi connectivity index (χ0) is 14.7. The van der Waals surface area contributed by atoms with Gasteiger partial charge in [0.1, 0.15) is 5.76 Å². The van der Waals surface area contributed by atoms with Gasteiger partial charge in [-0.3, -0.25) is 0 Å². The van der Waals surface area contributed by atoms with Crippen molar-refractivity contribution in [3.05, 3.63) is 28.1 Å². The zero-order valence-corrected chi connectivity index (χ0v) is 12.7. The van der Waals surface area contributed by atoms with Crippen LogP contribution in [0.4, 0.5) is 5.13 Å². The fourth-order valence-electron chi connectivity index (χ4n) is 2.00. The van der Waals surface area contributed by atoms with Crippen molar-refractivity contribution in [3.8, 4) is 0 Å². The van der Waals surface area contributed by atoms with E-state index >= 15 is 0 Å². The summed E-state index contributed by atoms with van der Waals surface area (Å²) in [5.41, 5.74) is 2.19. The smallest absolute Gasteiger partial charge is 0.357 e. The molecule has 2 aromatic heterocycles. The first-order chi connectivity index (χ1) is 9.52. The average molecular weight is 295 g/mol. The van der Waals surface area contributed by atoms with Crippen molar-refractivity contribution in [1.82, 2.24) is 10.1 Å². The minimum absolute atomic E-state index is 0.00226. The summed E-state index contributed by atoms with van der Waals surface area (Å²) < 4.78 is 10.1. The first-order valence-electron chi connectivity index (χ1n) is 6.34. The Kier molecular flexibility index (Phi) is 4.39. The van der Waals surface area contributed by atoms with Gasteiger partial charge in [0.05, 0.1) is 18.3 Å². The third-order valence-corrected chi connectivity index (χ3v) is 3.62. The third kappa shape index (κ3) is 2.98. The van der Waals surface area contributed by atoms with Gasteiger partial charge in [0.25, 0.3) is 0 Å². The van der Waals surface area contributed by atoms with Gasteiger partial charge in [0.2, 0.25) is 0 Å². The Hall–Kier alpha value is -1.89. The van der Waals surface area contributed by atoms with Crippen LogP contribution in [0.2, 0.25) is 0 Å². The summed E-state index contributed by atoms with van der Waals surface area (Å²) in [5.74, 6) is 0.381. The molecule has 6 nitrogen and oxygen atoms in total. The summed E-state index contributed by atoms with van der Waals surface area (Å²) >= 11 is 1.37. The van der Waals surface area contributed by atoms with E-state index in [-0.39, 0.29) is 6.04 Å². The fourth-order valence-corrected chi connectivity index (χ4v) is 2.77. The van der Waals surface area contributed by atoms with Gasteiger partial charge < -0.3 is 14.6 Å². The van der Waals surface area contributed by atoms with E-state index in [4.69, 9.17) is 9.26 Å². The van der Waals surface area contributed by atoms with Crippen molar-refractivity contribution >= 4 is 22.4 Å². The Balaban J connectivity index is 2.09. The molecular weight excluding hydrogens is 278 g/mol. The van der Waals surface area contributed by atoms with E-state index in [1.807, 2.05) is 20.8 Å². The molecule has 0 saturated carbocycles. The highest BCUT2D eigenvalue weighted by Crippen LogP contribution is 2.26. The van der Waals surface area contributed by atoms with Crippen molar-refractivity contribution in [2.24, 2.45) is 0 Å². The lowest BCUT2D eigenvalue weighted by Gasteiger charge is -2.12. The predicted octanol–water partition coefficient (Wildman–Crippen LogP) is 3.10. The number of esters is 1. The zero-order valence-electron chi connectivity index (χ0n) is 11.9. The monoisotopic (exact) mass is 295 g/mol. The summed E-state index contributed by atoms with van der Waals surface area (Å²) in [6, 6.07) is 0.00226. The number of ether oxygens (including phenoxy) is 1. The molecule has 1 atom stereocenters. The Morgan fingerprint density at radius 1 is 1.55 bits per heavy atom. The van der Waals surface area contributed by atoms with Gasteiger partial charge in [0.15, 0.2) is 10.8 Å². The second-order valence-electron chi connectivity index (χ2n) is 4.36.